The van der Waals surface area contributed by atoms with Gasteiger partial charge >= 0.3 is 6.43 Å². The van der Waals surface area contributed by atoms with Crippen LogP contribution in [0.2, 0.25) is 0 Å². The summed E-state index contributed by atoms with van der Waals surface area (Å²) < 4.78 is 24.0. The normalized spacial score (nSPS) is 11.3. The summed E-state index contributed by atoms with van der Waals surface area (Å²) in [7, 11) is 3.71. The largest absolute Gasteiger partial charge is 0.304 e. The van der Waals surface area contributed by atoms with Crippen LogP contribution in [0.25, 0.3) is 0 Å². The predicted molar refractivity (Wildman–Crippen MR) is 49.8 cm³/mol. The number of nitrogens with zero attached hydrogens (tertiary/aromatic N) is 2. The van der Waals surface area contributed by atoms with E-state index in [0.717, 1.165) is 16.2 Å². The molecule has 0 aliphatic heterocycles. The van der Waals surface area contributed by atoms with Gasteiger partial charge in [0.1, 0.15) is 0 Å². The summed E-state index contributed by atoms with van der Waals surface area (Å²) in [4.78, 5) is 17.2. The minimum absolute atomic E-state index is 0.114. The van der Waals surface area contributed by atoms with Crippen LogP contribution in [0.4, 0.5) is 8.78 Å². The monoisotopic (exact) mass is 220 g/mol. The number of hydrogen-bond acceptors (Lipinski definition) is 4. The Labute approximate surface area is 84.4 Å². The first kappa shape index (κ1) is 11.2. The van der Waals surface area contributed by atoms with Crippen LogP contribution in [0.1, 0.15) is 14.7 Å². The molecule has 0 bridgehead atoms. The molecule has 0 radical (unpaired) electrons. The maximum Gasteiger partial charge on any atom is 0.303 e. The summed E-state index contributed by atoms with van der Waals surface area (Å²) >= 11 is 1.02. The number of thiazole rings is 1. The van der Waals surface area contributed by atoms with Crippen molar-refractivity contribution in [2.75, 3.05) is 14.1 Å². The van der Waals surface area contributed by atoms with Gasteiger partial charge in [-0.2, -0.15) is 0 Å². The van der Waals surface area contributed by atoms with E-state index in [1.165, 1.54) is 6.20 Å². The first-order valence-corrected chi connectivity index (χ1v) is 4.74. The van der Waals surface area contributed by atoms with E-state index in [1.54, 1.807) is 0 Å². The van der Waals surface area contributed by atoms with Gasteiger partial charge in [0.2, 0.25) is 0 Å². The van der Waals surface area contributed by atoms with Gasteiger partial charge in [-0.15, -0.1) is 11.3 Å². The van der Waals surface area contributed by atoms with Gasteiger partial charge in [-0.3, -0.25) is 4.79 Å². The quantitative estimate of drug-likeness (QED) is 0.723. The summed E-state index contributed by atoms with van der Waals surface area (Å²) in [5.74, 6) is -1.19. The molecule has 3 nitrogen and oxygen atoms in total. The van der Waals surface area contributed by atoms with Crippen molar-refractivity contribution in [3.05, 3.63) is 16.1 Å². The van der Waals surface area contributed by atoms with Crippen molar-refractivity contribution in [3.8, 4) is 0 Å². The summed E-state index contributed by atoms with van der Waals surface area (Å²) in [6, 6.07) is 0. The molecule has 6 heteroatoms. The maximum absolute atomic E-state index is 12.0. The number of rotatable bonds is 4. The molecule has 0 unspecified atom stereocenters. The van der Waals surface area contributed by atoms with Crippen LogP contribution in [0.5, 0.6) is 0 Å². The van der Waals surface area contributed by atoms with E-state index >= 15 is 0 Å². The van der Waals surface area contributed by atoms with E-state index in [9.17, 15) is 13.6 Å². The van der Waals surface area contributed by atoms with Crippen LogP contribution >= 0.6 is 11.3 Å². The average Bonchev–Trinajstić information content (AvgIpc) is 2.50. The van der Waals surface area contributed by atoms with Crippen molar-refractivity contribution in [1.29, 1.82) is 0 Å². The number of ketones is 1. The molecule has 0 spiro atoms. The first-order chi connectivity index (χ1) is 6.50. The molecule has 0 N–H and O–H groups in total. The van der Waals surface area contributed by atoms with E-state index in [-0.39, 0.29) is 5.01 Å². The highest BCUT2D eigenvalue weighted by Gasteiger charge is 2.21. The van der Waals surface area contributed by atoms with Gasteiger partial charge in [-0.1, -0.05) is 0 Å². The summed E-state index contributed by atoms with van der Waals surface area (Å²) in [6.07, 6.45) is -1.51. The highest BCUT2D eigenvalue weighted by Crippen LogP contribution is 2.17. The number of carbonyl (C=O) groups excluding carboxylic acids is 1. The third kappa shape index (κ3) is 2.81. The third-order valence-electron chi connectivity index (χ3n) is 1.43. The molecule has 1 aromatic rings. The standard InChI is InChI=1S/C8H10F2N2OS/c1-12(2)4-5-3-11-8(14-5)6(13)7(9)10/h3,7H,4H2,1-2H3. The Morgan fingerprint density at radius 3 is 2.79 bits per heavy atom. The predicted octanol–water partition coefficient (Wildman–Crippen LogP) is 1.65. The molecule has 1 rings (SSSR count). The molecule has 1 heterocycles. The van der Waals surface area contributed by atoms with Crippen molar-refractivity contribution in [1.82, 2.24) is 9.88 Å². The van der Waals surface area contributed by atoms with Crippen LogP contribution in [0.3, 0.4) is 0 Å². The molecule has 1 aromatic heterocycles. The molecule has 78 valence electrons. The lowest BCUT2D eigenvalue weighted by Gasteiger charge is -2.05. The lowest BCUT2D eigenvalue weighted by atomic mass is 10.4. The van der Waals surface area contributed by atoms with Crippen molar-refractivity contribution in [3.63, 3.8) is 0 Å². The minimum Gasteiger partial charge on any atom is -0.304 e. The lowest BCUT2D eigenvalue weighted by molar-refractivity contribution is 0.0678. The molecule has 0 saturated carbocycles. The van der Waals surface area contributed by atoms with E-state index in [1.807, 2.05) is 19.0 Å². The zero-order valence-electron chi connectivity index (χ0n) is 7.83. The zero-order chi connectivity index (χ0) is 10.7. The number of carbonyl (C=O) groups is 1. The Kier molecular flexibility index (Phi) is 3.65. The highest BCUT2D eigenvalue weighted by atomic mass is 32.1. The van der Waals surface area contributed by atoms with Gasteiger partial charge < -0.3 is 4.90 Å². The molecule has 0 aliphatic rings. The summed E-state index contributed by atoms with van der Waals surface area (Å²) in [6.45, 7) is 0.605. The Morgan fingerprint density at radius 2 is 2.29 bits per heavy atom. The van der Waals surface area contributed by atoms with E-state index in [0.29, 0.717) is 6.54 Å². The summed E-state index contributed by atoms with van der Waals surface area (Å²) in [5, 5.41) is -0.114. The molecular weight excluding hydrogens is 210 g/mol. The fraction of sp³-hybridized carbons (Fsp3) is 0.500. The Hall–Kier alpha value is -0.880. The number of alkyl halides is 2. The zero-order valence-corrected chi connectivity index (χ0v) is 8.65. The first-order valence-electron chi connectivity index (χ1n) is 3.92. The van der Waals surface area contributed by atoms with Crippen LogP contribution in [-0.4, -0.2) is 36.2 Å². The molecule has 0 atom stereocenters. The van der Waals surface area contributed by atoms with Crippen LogP contribution in [0.15, 0.2) is 6.20 Å². The lowest BCUT2D eigenvalue weighted by Crippen LogP contribution is -2.09. The molecule has 0 aromatic carbocycles. The highest BCUT2D eigenvalue weighted by molar-refractivity contribution is 7.13. The van der Waals surface area contributed by atoms with Gasteiger partial charge in [0, 0.05) is 17.6 Å². The van der Waals surface area contributed by atoms with Gasteiger partial charge in [-0.05, 0) is 14.1 Å². The van der Waals surface area contributed by atoms with Gasteiger partial charge in [-0.25, -0.2) is 13.8 Å². The fourth-order valence-corrected chi connectivity index (χ4v) is 1.87. The van der Waals surface area contributed by atoms with E-state index < -0.39 is 12.2 Å². The average molecular weight is 220 g/mol. The number of aromatic nitrogens is 1. The second-order valence-corrected chi connectivity index (χ2v) is 4.15. The molecule has 0 saturated heterocycles. The number of hydrogen-bond donors (Lipinski definition) is 0. The van der Waals surface area contributed by atoms with Crippen LogP contribution < -0.4 is 0 Å². The smallest absolute Gasteiger partial charge is 0.303 e. The van der Waals surface area contributed by atoms with Crippen molar-refractivity contribution >= 4 is 17.1 Å². The van der Waals surface area contributed by atoms with Gasteiger partial charge in [0.05, 0.1) is 0 Å². The van der Waals surface area contributed by atoms with Crippen LogP contribution in [0, 0.1) is 0 Å². The summed E-state index contributed by atoms with van der Waals surface area (Å²) in [5.41, 5.74) is 0. The topological polar surface area (TPSA) is 33.2 Å². The van der Waals surface area contributed by atoms with E-state index in [4.69, 9.17) is 0 Å². The maximum atomic E-state index is 12.0. The van der Waals surface area contributed by atoms with Crippen LogP contribution in [-0.2, 0) is 6.54 Å². The molecule has 0 aliphatic carbocycles. The third-order valence-corrected chi connectivity index (χ3v) is 2.43. The van der Waals surface area contributed by atoms with Crippen molar-refractivity contribution in [2.24, 2.45) is 0 Å². The number of Topliss-reactive ketones (excluding diaryl/α,β-unsaturated/α-hetero) is 1. The molecule has 14 heavy (non-hydrogen) atoms. The fourth-order valence-electron chi connectivity index (χ4n) is 0.900. The second kappa shape index (κ2) is 4.56. The SMILES string of the molecule is CN(C)Cc1cnc(C(=O)C(F)F)s1. The van der Waals surface area contributed by atoms with E-state index in [2.05, 4.69) is 4.98 Å². The molecular formula is C8H10F2N2OS. The Bertz CT molecular complexity index is 325. The van der Waals surface area contributed by atoms with Gasteiger partial charge in [0.25, 0.3) is 5.78 Å². The van der Waals surface area contributed by atoms with Crippen molar-refractivity contribution in [2.45, 2.75) is 13.0 Å². The molecule has 0 fully saturated rings. The minimum atomic E-state index is -2.96. The van der Waals surface area contributed by atoms with Gasteiger partial charge in [0.15, 0.2) is 5.01 Å². The second-order valence-electron chi connectivity index (χ2n) is 3.03. The number of halogens is 2. The molecule has 0 amide bonds. The Balaban J connectivity index is 2.73. The Morgan fingerprint density at radius 1 is 1.64 bits per heavy atom. The van der Waals surface area contributed by atoms with Crippen molar-refractivity contribution < 1.29 is 13.6 Å².